The number of nitrogens with zero attached hydrogens (tertiary/aromatic N) is 3. The predicted molar refractivity (Wildman–Crippen MR) is 98.0 cm³/mol. The van der Waals surface area contributed by atoms with Crippen molar-refractivity contribution in [3.8, 4) is 0 Å². The molecule has 128 valence electrons. The molecule has 2 N–H and O–H groups in total. The first-order valence-electron chi connectivity index (χ1n) is 8.64. The first-order chi connectivity index (χ1) is 11.2. The van der Waals surface area contributed by atoms with Crippen LogP contribution in [0.5, 0.6) is 0 Å². The first-order valence-corrected chi connectivity index (χ1v) is 8.64. The summed E-state index contributed by atoms with van der Waals surface area (Å²) < 4.78 is 0. The van der Waals surface area contributed by atoms with E-state index in [0.717, 1.165) is 51.6 Å². The molecule has 1 aromatic rings. The molecule has 0 spiro atoms. The second-order valence-electron chi connectivity index (χ2n) is 6.28. The normalized spacial score (nSPS) is 20.5. The summed E-state index contributed by atoms with van der Waals surface area (Å²) in [5.41, 5.74) is 1.35. The number of hydrogen-bond acceptors (Lipinski definition) is 3. The lowest BCUT2D eigenvalue weighted by Gasteiger charge is -2.36. The van der Waals surface area contributed by atoms with Crippen LogP contribution in [0.2, 0.25) is 0 Å². The van der Waals surface area contributed by atoms with E-state index in [2.05, 4.69) is 71.8 Å². The summed E-state index contributed by atoms with van der Waals surface area (Å²) in [6.07, 6.45) is 1.01. The second-order valence-corrected chi connectivity index (χ2v) is 6.28. The second kappa shape index (κ2) is 9.53. The van der Waals surface area contributed by atoms with Crippen molar-refractivity contribution in [1.82, 2.24) is 20.4 Å². The van der Waals surface area contributed by atoms with Gasteiger partial charge < -0.3 is 15.5 Å². The summed E-state index contributed by atoms with van der Waals surface area (Å²) in [7, 11) is 4.38. The summed E-state index contributed by atoms with van der Waals surface area (Å²) in [5, 5.41) is 6.78. The van der Waals surface area contributed by atoms with Gasteiger partial charge in [0, 0.05) is 38.8 Å². The Kier molecular flexibility index (Phi) is 7.36. The third kappa shape index (κ3) is 6.20. The SMILES string of the molecule is CCNC(=NCC1CN(C)CCN1C)NCCc1ccccc1. The van der Waals surface area contributed by atoms with Crippen LogP contribution >= 0.6 is 0 Å². The molecule has 1 fully saturated rings. The maximum absolute atomic E-state index is 4.78. The van der Waals surface area contributed by atoms with E-state index in [4.69, 9.17) is 4.99 Å². The Morgan fingerprint density at radius 2 is 1.96 bits per heavy atom. The summed E-state index contributed by atoms with van der Waals surface area (Å²) >= 11 is 0. The number of aliphatic imine (C=N–C) groups is 1. The third-order valence-corrected chi connectivity index (χ3v) is 4.33. The van der Waals surface area contributed by atoms with Crippen molar-refractivity contribution in [2.24, 2.45) is 4.99 Å². The Labute approximate surface area is 140 Å². The van der Waals surface area contributed by atoms with Gasteiger partial charge in [0.1, 0.15) is 0 Å². The molecule has 0 aromatic heterocycles. The highest BCUT2D eigenvalue weighted by Crippen LogP contribution is 2.06. The van der Waals surface area contributed by atoms with Gasteiger partial charge in [0.05, 0.1) is 6.54 Å². The van der Waals surface area contributed by atoms with Crippen LogP contribution in [0, 0.1) is 0 Å². The fourth-order valence-corrected chi connectivity index (χ4v) is 2.81. The zero-order chi connectivity index (χ0) is 16.5. The number of hydrogen-bond donors (Lipinski definition) is 2. The average molecular weight is 317 g/mol. The Bertz CT molecular complexity index is 474. The van der Waals surface area contributed by atoms with Crippen LogP contribution in [-0.2, 0) is 6.42 Å². The highest BCUT2D eigenvalue weighted by Gasteiger charge is 2.21. The molecule has 1 atom stereocenters. The van der Waals surface area contributed by atoms with Crippen LogP contribution in [0.3, 0.4) is 0 Å². The van der Waals surface area contributed by atoms with Gasteiger partial charge in [-0.3, -0.25) is 9.89 Å². The smallest absolute Gasteiger partial charge is 0.191 e. The molecule has 1 unspecified atom stereocenters. The standard InChI is InChI=1S/C18H31N5/c1-4-19-18(20-11-10-16-8-6-5-7-9-16)21-14-17-15-22(2)12-13-23(17)3/h5-9,17H,4,10-15H2,1-3H3,(H2,19,20,21). The summed E-state index contributed by atoms with van der Waals surface area (Å²) in [5.74, 6) is 0.921. The fourth-order valence-electron chi connectivity index (χ4n) is 2.81. The molecule has 5 heteroatoms. The van der Waals surface area contributed by atoms with Gasteiger partial charge in [-0.25, -0.2) is 0 Å². The lowest BCUT2D eigenvalue weighted by atomic mass is 10.1. The fraction of sp³-hybridized carbons (Fsp3) is 0.611. The van der Waals surface area contributed by atoms with Crippen LogP contribution < -0.4 is 10.6 Å². The molecule has 0 amide bonds. The predicted octanol–water partition coefficient (Wildman–Crippen LogP) is 1.03. The van der Waals surface area contributed by atoms with Crippen molar-refractivity contribution in [2.75, 3.05) is 53.4 Å². The van der Waals surface area contributed by atoms with Crippen molar-refractivity contribution >= 4 is 5.96 Å². The molecule has 23 heavy (non-hydrogen) atoms. The van der Waals surface area contributed by atoms with Crippen molar-refractivity contribution in [3.63, 3.8) is 0 Å². The van der Waals surface area contributed by atoms with Gasteiger partial charge in [-0.15, -0.1) is 0 Å². The highest BCUT2D eigenvalue weighted by molar-refractivity contribution is 5.79. The number of rotatable bonds is 6. The van der Waals surface area contributed by atoms with Crippen molar-refractivity contribution in [2.45, 2.75) is 19.4 Å². The van der Waals surface area contributed by atoms with Crippen LogP contribution in [0.1, 0.15) is 12.5 Å². The zero-order valence-electron chi connectivity index (χ0n) is 14.8. The van der Waals surface area contributed by atoms with E-state index in [9.17, 15) is 0 Å². The molecule has 1 aliphatic rings. The summed E-state index contributed by atoms with van der Waals surface area (Å²) in [4.78, 5) is 9.58. The van der Waals surface area contributed by atoms with Gasteiger partial charge in [0.25, 0.3) is 0 Å². The molecule has 0 bridgehead atoms. The van der Waals surface area contributed by atoms with Gasteiger partial charge in [0.2, 0.25) is 0 Å². The lowest BCUT2D eigenvalue weighted by molar-refractivity contribution is 0.119. The van der Waals surface area contributed by atoms with E-state index in [1.165, 1.54) is 5.56 Å². The molecule has 0 saturated carbocycles. The molecule has 1 aliphatic heterocycles. The van der Waals surface area contributed by atoms with Gasteiger partial charge in [-0.05, 0) is 33.0 Å². The molecule has 2 rings (SSSR count). The van der Waals surface area contributed by atoms with Crippen molar-refractivity contribution < 1.29 is 0 Å². The van der Waals surface area contributed by atoms with Crippen LogP contribution in [-0.4, -0.2) is 75.2 Å². The number of piperazine rings is 1. The van der Waals surface area contributed by atoms with Crippen LogP contribution in [0.25, 0.3) is 0 Å². The lowest BCUT2D eigenvalue weighted by Crippen LogP contribution is -2.51. The molecule has 1 heterocycles. The van der Waals surface area contributed by atoms with E-state index < -0.39 is 0 Å². The Hall–Kier alpha value is -1.59. The number of benzene rings is 1. The minimum absolute atomic E-state index is 0.498. The van der Waals surface area contributed by atoms with Crippen LogP contribution in [0.4, 0.5) is 0 Å². The van der Waals surface area contributed by atoms with Gasteiger partial charge in [0.15, 0.2) is 5.96 Å². The molecule has 1 aromatic carbocycles. The zero-order valence-corrected chi connectivity index (χ0v) is 14.8. The first kappa shape index (κ1) is 17.8. The van der Waals surface area contributed by atoms with Crippen LogP contribution in [0.15, 0.2) is 35.3 Å². The average Bonchev–Trinajstić information content (AvgIpc) is 2.56. The van der Waals surface area contributed by atoms with E-state index >= 15 is 0 Å². The molecule has 0 aliphatic carbocycles. The molecular formula is C18H31N5. The number of nitrogens with one attached hydrogen (secondary N) is 2. The number of guanidine groups is 1. The minimum atomic E-state index is 0.498. The van der Waals surface area contributed by atoms with Crippen molar-refractivity contribution in [1.29, 1.82) is 0 Å². The van der Waals surface area contributed by atoms with E-state index in [-0.39, 0.29) is 0 Å². The molecule has 5 nitrogen and oxygen atoms in total. The number of likely N-dealkylation sites (N-methyl/N-ethyl adjacent to an activating group) is 2. The third-order valence-electron chi connectivity index (χ3n) is 4.33. The van der Waals surface area contributed by atoms with E-state index in [0.29, 0.717) is 6.04 Å². The maximum Gasteiger partial charge on any atom is 0.191 e. The van der Waals surface area contributed by atoms with Gasteiger partial charge in [-0.1, -0.05) is 30.3 Å². The van der Waals surface area contributed by atoms with Crippen molar-refractivity contribution in [3.05, 3.63) is 35.9 Å². The Morgan fingerprint density at radius 1 is 1.17 bits per heavy atom. The molecule has 1 saturated heterocycles. The van der Waals surface area contributed by atoms with Gasteiger partial charge in [-0.2, -0.15) is 0 Å². The molecular weight excluding hydrogens is 286 g/mol. The van der Waals surface area contributed by atoms with Gasteiger partial charge >= 0.3 is 0 Å². The minimum Gasteiger partial charge on any atom is -0.357 e. The monoisotopic (exact) mass is 317 g/mol. The maximum atomic E-state index is 4.78. The largest absolute Gasteiger partial charge is 0.357 e. The Balaban J connectivity index is 1.81. The molecule has 0 radical (unpaired) electrons. The summed E-state index contributed by atoms with van der Waals surface area (Å²) in [6, 6.07) is 11.1. The van der Waals surface area contributed by atoms with E-state index in [1.54, 1.807) is 0 Å². The topological polar surface area (TPSA) is 42.9 Å². The van der Waals surface area contributed by atoms with E-state index in [1.807, 2.05) is 0 Å². The quantitative estimate of drug-likeness (QED) is 0.607. The summed E-state index contributed by atoms with van der Waals surface area (Å²) in [6.45, 7) is 8.08. The highest BCUT2D eigenvalue weighted by atomic mass is 15.3. The Morgan fingerprint density at radius 3 is 2.70 bits per heavy atom.